The maximum absolute atomic E-state index is 13.4. The number of unbranched alkanes of at least 4 members (excludes halogenated alkanes) is 2. The second kappa shape index (κ2) is 22.6. The SMILES string of the molecule is [B]C(=O)OCc1ccc(NC(=O)[C@H](CCCNC(N)=O)NC(=O)[C@@H](NC(=O)CCCCCNC(=O)C(CC(C)C)CC(C)(C)C)C(C)C)cc1. The van der Waals surface area contributed by atoms with Gasteiger partial charge in [0.05, 0.1) is 0 Å². The summed E-state index contributed by atoms with van der Waals surface area (Å²) in [6, 6.07) is 3.98. The zero-order chi connectivity index (χ0) is 37.9. The molecular weight excluding hydrogens is 639 g/mol. The third-order valence-corrected chi connectivity index (χ3v) is 7.84. The Balaban J connectivity index is 2.71. The summed E-state index contributed by atoms with van der Waals surface area (Å²) in [5.41, 5.74) is 6.31. The number of carbonyl (C=O) groups excluding carboxylic acids is 6. The van der Waals surface area contributed by atoms with E-state index in [4.69, 9.17) is 18.3 Å². The molecule has 2 radical (unpaired) electrons. The highest BCUT2D eigenvalue weighted by Crippen LogP contribution is 2.28. The third kappa shape index (κ3) is 19.8. The molecule has 1 aromatic carbocycles. The number of amides is 6. The molecule has 1 aromatic rings. The Kier molecular flexibility index (Phi) is 19.8. The Labute approximate surface area is 299 Å². The van der Waals surface area contributed by atoms with Crippen LogP contribution in [0.3, 0.4) is 0 Å². The lowest BCUT2D eigenvalue weighted by Crippen LogP contribution is -2.54. The summed E-state index contributed by atoms with van der Waals surface area (Å²) < 4.78 is 4.77. The number of benzene rings is 1. The van der Waals surface area contributed by atoms with E-state index in [9.17, 15) is 28.8 Å². The minimum absolute atomic E-state index is 0.0214. The van der Waals surface area contributed by atoms with Crippen molar-refractivity contribution in [2.45, 2.75) is 119 Å². The topological polar surface area (TPSA) is 198 Å². The summed E-state index contributed by atoms with van der Waals surface area (Å²) in [6.07, 6.45) is 4.49. The van der Waals surface area contributed by atoms with Gasteiger partial charge in [0.1, 0.15) is 18.7 Å². The monoisotopic (exact) mass is 698 g/mol. The predicted molar refractivity (Wildman–Crippen MR) is 195 cm³/mol. The van der Waals surface area contributed by atoms with E-state index in [1.165, 1.54) is 0 Å². The number of nitrogens with two attached hydrogens (primary N) is 1. The van der Waals surface area contributed by atoms with Crippen molar-refractivity contribution >= 4 is 49.1 Å². The molecule has 0 bridgehead atoms. The second-order valence-electron chi connectivity index (χ2n) is 14.8. The van der Waals surface area contributed by atoms with Crippen molar-refractivity contribution in [1.29, 1.82) is 0 Å². The number of urea groups is 1. The van der Waals surface area contributed by atoms with Crippen molar-refractivity contribution in [3.8, 4) is 0 Å². The number of primary amides is 1. The van der Waals surface area contributed by atoms with Gasteiger partial charge in [0.25, 0.3) is 0 Å². The Morgan fingerprint density at radius 1 is 0.820 bits per heavy atom. The first-order valence-corrected chi connectivity index (χ1v) is 17.6. The molecule has 0 spiro atoms. The molecule has 1 rings (SSSR count). The van der Waals surface area contributed by atoms with Gasteiger partial charge in [0.15, 0.2) is 0 Å². The van der Waals surface area contributed by atoms with Crippen LogP contribution in [0.4, 0.5) is 15.3 Å². The van der Waals surface area contributed by atoms with E-state index in [1.54, 1.807) is 38.1 Å². The van der Waals surface area contributed by atoms with Crippen LogP contribution in [0.25, 0.3) is 0 Å². The van der Waals surface area contributed by atoms with Crippen LogP contribution >= 0.6 is 0 Å². The molecule has 6 amide bonds. The summed E-state index contributed by atoms with van der Waals surface area (Å²) in [4.78, 5) is 74.3. The third-order valence-electron chi connectivity index (χ3n) is 7.84. The first-order valence-electron chi connectivity index (χ1n) is 17.6. The van der Waals surface area contributed by atoms with Crippen LogP contribution in [0.2, 0.25) is 0 Å². The predicted octanol–water partition coefficient (Wildman–Crippen LogP) is 4.28. The molecule has 1 unspecified atom stereocenters. The zero-order valence-electron chi connectivity index (χ0n) is 31.0. The van der Waals surface area contributed by atoms with Gasteiger partial charge in [-0.3, -0.25) is 24.0 Å². The van der Waals surface area contributed by atoms with E-state index < -0.39 is 35.8 Å². The minimum Gasteiger partial charge on any atom is -0.470 e. The van der Waals surface area contributed by atoms with Crippen molar-refractivity contribution in [3.05, 3.63) is 29.8 Å². The van der Waals surface area contributed by atoms with Gasteiger partial charge in [-0.1, -0.05) is 67.0 Å². The van der Waals surface area contributed by atoms with E-state index >= 15 is 0 Å². The Morgan fingerprint density at radius 3 is 2.02 bits per heavy atom. The van der Waals surface area contributed by atoms with Crippen LogP contribution in [0.15, 0.2) is 24.3 Å². The number of carbonyl (C=O) groups is 6. The average Bonchev–Trinajstić information content (AvgIpc) is 3.00. The standard InChI is InChI=1S/C36H59BN6O7/c1-23(2)20-26(21-36(5,6)7)31(45)39-18-10-8-9-13-29(44)43-30(24(3)4)33(47)42-28(12-11-19-40-35(38)49)32(46)41-27-16-14-25(15-17-27)22-50-34(37)48/h14-17,23-24,26,28,30H,8-13,18-22H2,1-7H3,(H,39,45)(H,41,46)(H,42,47)(H,43,44)(H3,38,40,49)/t26?,28-,30-/m0/s1. The lowest BCUT2D eigenvalue weighted by atomic mass is 9.80. The first-order chi connectivity index (χ1) is 23.4. The molecule has 3 atom stereocenters. The van der Waals surface area contributed by atoms with Crippen molar-refractivity contribution in [2.24, 2.45) is 28.9 Å². The van der Waals surface area contributed by atoms with Gasteiger partial charge in [-0.15, -0.1) is 0 Å². The molecule has 0 aliphatic rings. The fourth-order valence-electron chi connectivity index (χ4n) is 5.43. The lowest BCUT2D eigenvalue weighted by Gasteiger charge is -2.26. The van der Waals surface area contributed by atoms with E-state index in [-0.39, 0.29) is 55.1 Å². The Hall–Kier alpha value is -4.10. The number of hydrogen-bond donors (Lipinski definition) is 6. The smallest absolute Gasteiger partial charge is 0.312 e. The van der Waals surface area contributed by atoms with E-state index in [0.29, 0.717) is 36.6 Å². The van der Waals surface area contributed by atoms with Crippen molar-refractivity contribution in [1.82, 2.24) is 21.3 Å². The Morgan fingerprint density at radius 2 is 1.46 bits per heavy atom. The van der Waals surface area contributed by atoms with Crippen LogP contribution < -0.4 is 32.3 Å². The molecule has 0 aromatic heterocycles. The second-order valence-corrected chi connectivity index (χ2v) is 14.8. The molecule has 7 N–H and O–H groups in total. The molecule has 0 fully saturated rings. The molecule has 14 heteroatoms. The normalized spacial score (nSPS) is 13.1. The maximum atomic E-state index is 13.4. The number of hydrogen-bond acceptors (Lipinski definition) is 7. The van der Waals surface area contributed by atoms with Gasteiger partial charge in [0.2, 0.25) is 37.3 Å². The highest BCUT2D eigenvalue weighted by Gasteiger charge is 2.29. The molecule has 50 heavy (non-hydrogen) atoms. The molecule has 13 nitrogen and oxygen atoms in total. The fourth-order valence-corrected chi connectivity index (χ4v) is 5.43. The Bertz CT molecular complexity index is 1250. The fraction of sp³-hybridized carbons (Fsp3) is 0.667. The van der Waals surface area contributed by atoms with E-state index in [0.717, 1.165) is 25.7 Å². The largest absolute Gasteiger partial charge is 0.470 e. The summed E-state index contributed by atoms with van der Waals surface area (Å²) in [6.45, 7) is 15.0. The van der Waals surface area contributed by atoms with Crippen molar-refractivity contribution in [3.63, 3.8) is 0 Å². The van der Waals surface area contributed by atoms with Crippen LogP contribution in [0, 0.1) is 23.2 Å². The van der Waals surface area contributed by atoms with Gasteiger partial charge in [-0.05, 0) is 73.5 Å². The molecule has 0 saturated heterocycles. The number of nitrogens with one attached hydrogen (secondary N) is 5. The molecule has 278 valence electrons. The average molecular weight is 699 g/mol. The van der Waals surface area contributed by atoms with Gasteiger partial charge < -0.3 is 37.1 Å². The van der Waals surface area contributed by atoms with Gasteiger partial charge in [-0.2, -0.15) is 0 Å². The van der Waals surface area contributed by atoms with Crippen molar-refractivity contribution < 1.29 is 33.5 Å². The van der Waals surface area contributed by atoms with Crippen LogP contribution in [0.1, 0.15) is 105 Å². The lowest BCUT2D eigenvalue weighted by molar-refractivity contribution is -0.132. The van der Waals surface area contributed by atoms with Gasteiger partial charge >= 0.3 is 6.03 Å². The molecule has 0 aliphatic heterocycles. The molecule has 0 heterocycles. The number of rotatable bonds is 22. The number of anilines is 1. The highest BCUT2D eigenvalue weighted by atomic mass is 16.5. The molecule has 0 aliphatic carbocycles. The summed E-state index contributed by atoms with van der Waals surface area (Å²) in [5.74, 6) is -1.97. The number of ether oxygens (including phenoxy) is 1. The molecule has 0 saturated carbocycles. The first kappa shape index (κ1) is 43.9. The van der Waals surface area contributed by atoms with E-state index in [2.05, 4.69) is 61.2 Å². The van der Waals surface area contributed by atoms with Crippen LogP contribution in [0.5, 0.6) is 0 Å². The quantitative estimate of drug-likeness (QED) is 0.0767. The minimum atomic E-state index is -0.980. The van der Waals surface area contributed by atoms with E-state index in [1.807, 2.05) is 0 Å². The van der Waals surface area contributed by atoms with Gasteiger partial charge in [0, 0.05) is 31.1 Å². The molecular formula is C36H59BN6O7. The zero-order valence-corrected chi connectivity index (χ0v) is 31.0. The van der Waals surface area contributed by atoms with Crippen LogP contribution in [-0.2, 0) is 30.5 Å². The van der Waals surface area contributed by atoms with Crippen LogP contribution in [-0.4, -0.2) is 68.5 Å². The van der Waals surface area contributed by atoms with Crippen molar-refractivity contribution in [2.75, 3.05) is 18.4 Å². The van der Waals surface area contributed by atoms with Gasteiger partial charge in [-0.25, -0.2) is 4.79 Å². The summed E-state index contributed by atoms with van der Waals surface area (Å²) >= 11 is 0. The summed E-state index contributed by atoms with van der Waals surface area (Å²) in [7, 11) is 5.00. The maximum Gasteiger partial charge on any atom is 0.312 e. The summed E-state index contributed by atoms with van der Waals surface area (Å²) in [5, 5.41) is 13.9. The highest BCUT2D eigenvalue weighted by molar-refractivity contribution is 6.55.